The van der Waals surface area contributed by atoms with Crippen molar-refractivity contribution >= 4 is 11.6 Å². The van der Waals surface area contributed by atoms with Gasteiger partial charge in [0.05, 0.1) is 0 Å². The average Bonchev–Trinajstić information content (AvgIpc) is 2.67. The van der Waals surface area contributed by atoms with Gasteiger partial charge in [-0.1, -0.05) is 32.9 Å². The van der Waals surface area contributed by atoms with E-state index in [-0.39, 0.29) is 17.1 Å². The Kier molecular flexibility index (Phi) is 5.83. The molecule has 1 aliphatic rings. The fourth-order valence-electron chi connectivity index (χ4n) is 3.51. The molecule has 1 N–H and O–H groups in total. The van der Waals surface area contributed by atoms with Crippen molar-refractivity contribution in [1.82, 2.24) is 5.32 Å². The van der Waals surface area contributed by atoms with Crippen LogP contribution in [0.3, 0.4) is 0 Å². The summed E-state index contributed by atoms with van der Waals surface area (Å²) in [4.78, 5) is 14.9. The first-order valence-corrected chi connectivity index (χ1v) is 9.74. The molecule has 3 nitrogen and oxygen atoms in total. The number of nitrogens with zero attached hydrogens (tertiary/aromatic N) is 1. The fourth-order valence-corrected chi connectivity index (χ4v) is 3.51. The first-order chi connectivity index (χ1) is 12.8. The molecule has 1 heterocycles. The van der Waals surface area contributed by atoms with E-state index in [1.54, 1.807) is 6.07 Å². The van der Waals surface area contributed by atoms with Crippen LogP contribution in [0.1, 0.15) is 49.5 Å². The molecule has 0 radical (unpaired) electrons. The molecule has 0 saturated carbocycles. The third-order valence-corrected chi connectivity index (χ3v) is 5.58. The van der Waals surface area contributed by atoms with Gasteiger partial charge in [-0.25, -0.2) is 4.39 Å². The lowest BCUT2D eigenvalue weighted by atomic mass is 9.84. The maximum atomic E-state index is 13.5. The second-order valence-corrected chi connectivity index (χ2v) is 8.29. The Hall–Kier alpha value is -2.36. The third kappa shape index (κ3) is 4.88. The van der Waals surface area contributed by atoms with Gasteiger partial charge in [0.15, 0.2) is 0 Å². The van der Waals surface area contributed by atoms with E-state index >= 15 is 0 Å². The Bertz CT molecular complexity index is 777. The molecule has 0 bridgehead atoms. The molecule has 4 heteroatoms. The Morgan fingerprint density at radius 1 is 1.15 bits per heavy atom. The van der Waals surface area contributed by atoms with Gasteiger partial charge in [-0.05, 0) is 60.7 Å². The first-order valence-electron chi connectivity index (χ1n) is 9.74. The molecule has 1 amide bonds. The van der Waals surface area contributed by atoms with Crippen LogP contribution in [0.5, 0.6) is 0 Å². The largest absolute Gasteiger partial charge is 0.372 e. The predicted octanol–water partition coefficient (Wildman–Crippen LogP) is 4.77. The number of anilines is 1. The maximum absolute atomic E-state index is 13.5. The number of carbonyl (C=O) groups is 1. The van der Waals surface area contributed by atoms with Crippen LogP contribution in [0.15, 0.2) is 48.5 Å². The minimum Gasteiger partial charge on any atom is -0.372 e. The van der Waals surface area contributed by atoms with Gasteiger partial charge in [-0.15, -0.1) is 0 Å². The van der Waals surface area contributed by atoms with Crippen LogP contribution in [0.4, 0.5) is 10.1 Å². The van der Waals surface area contributed by atoms with E-state index in [4.69, 9.17) is 0 Å². The molecular formula is C23H29FN2O. The molecule has 2 aromatic carbocycles. The molecule has 0 aliphatic carbocycles. The normalized spacial score (nSPS) is 15.6. The highest BCUT2D eigenvalue weighted by Crippen LogP contribution is 2.24. The molecule has 3 rings (SSSR count). The summed E-state index contributed by atoms with van der Waals surface area (Å²) >= 11 is 0. The molecular weight excluding hydrogens is 339 g/mol. The fraction of sp³-hybridized carbons (Fsp3) is 0.435. The van der Waals surface area contributed by atoms with Crippen LogP contribution < -0.4 is 10.2 Å². The number of benzene rings is 2. The van der Waals surface area contributed by atoms with Crippen molar-refractivity contribution < 1.29 is 9.18 Å². The predicted molar refractivity (Wildman–Crippen MR) is 109 cm³/mol. The van der Waals surface area contributed by atoms with Crippen molar-refractivity contribution in [3.8, 4) is 0 Å². The highest BCUT2D eigenvalue weighted by molar-refractivity contribution is 5.94. The number of hydrogen-bond donors (Lipinski definition) is 1. The zero-order chi connectivity index (χ0) is 19.4. The summed E-state index contributed by atoms with van der Waals surface area (Å²) < 4.78 is 13.5. The van der Waals surface area contributed by atoms with Gasteiger partial charge in [-0.3, -0.25) is 4.79 Å². The van der Waals surface area contributed by atoms with Gasteiger partial charge in [-0.2, -0.15) is 0 Å². The van der Waals surface area contributed by atoms with Crippen molar-refractivity contribution in [2.45, 2.75) is 39.0 Å². The number of amides is 1. The molecule has 27 heavy (non-hydrogen) atoms. The van der Waals surface area contributed by atoms with Crippen LogP contribution in [0, 0.1) is 11.7 Å². The molecule has 0 unspecified atom stereocenters. The second-order valence-electron chi connectivity index (χ2n) is 8.29. The summed E-state index contributed by atoms with van der Waals surface area (Å²) in [7, 11) is 0. The van der Waals surface area contributed by atoms with Crippen LogP contribution >= 0.6 is 0 Å². The van der Waals surface area contributed by atoms with Gasteiger partial charge >= 0.3 is 0 Å². The first kappa shape index (κ1) is 19.4. The van der Waals surface area contributed by atoms with E-state index in [0.29, 0.717) is 12.1 Å². The lowest BCUT2D eigenvalue weighted by molar-refractivity contribution is 0.0945. The lowest BCUT2D eigenvalue weighted by Crippen LogP contribution is -2.36. The number of nitrogens with one attached hydrogen (secondary N) is 1. The zero-order valence-electron chi connectivity index (χ0n) is 16.5. The van der Waals surface area contributed by atoms with Crippen LogP contribution in [-0.2, 0) is 5.41 Å². The van der Waals surface area contributed by atoms with E-state index in [1.807, 2.05) is 44.2 Å². The van der Waals surface area contributed by atoms with E-state index in [0.717, 1.165) is 24.6 Å². The van der Waals surface area contributed by atoms with Gasteiger partial charge in [0.2, 0.25) is 0 Å². The Labute approximate surface area is 161 Å². The SMILES string of the molecule is CC1CCN(c2ccc(C(=O)NCC(C)(C)c3cccc(F)c3)cc2)CC1. The van der Waals surface area contributed by atoms with E-state index in [9.17, 15) is 9.18 Å². The van der Waals surface area contributed by atoms with Crippen molar-refractivity contribution in [1.29, 1.82) is 0 Å². The third-order valence-electron chi connectivity index (χ3n) is 5.58. The summed E-state index contributed by atoms with van der Waals surface area (Å²) in [6, 6.07) is 14.4. The molecule has 0 aromatic heterocycles. The van der Waals surface area contributed by atoms with Crippen LogP contribution in [0.25, 0.3) is 0 Å². The molecule has 1 fully saturated rings. The van der Waals surface area contributed by atoms with Gasteiger partial charge in [0.25, 0.3) is 5.91 Å². The maximum Gasteiger partial charge on any atom is 0.251 e. The minimum absolute atomic E-state index is 0.0988. The number of rotatable bonds is 5. The Morgan fingerprint density at radius 3 is 2.44 bits per heavy atom. The van der Waals surface area contributed by atoms with Gasteiger partial charge in [0.1, 0.15) is 5.82 Å². The monoisotopic (exact) mass is 368 g/mol. The summed E-state index contributed by atoms with van der Waals surface area (Å²) in [6.07, 6.45) is 2.44. The standard InChI is InChI=1S/C23H29FN2O/c1-17-11-13-26(14-12-17)21-9-7-18(8-10-21)22(27)25-16-23(2,3)19-5-4-6-20(24)15-19/h4-10,15,17H,11-14,16H2,1-3H3,(H,25,27). The highest BCUT2D eigenvalue weighted by atomic mass is 19.1. The second kappa shape index (κ2) is 8.12. The lowest BCUT2D eigenvalue weighted by Gasteiger charge is -2.32. The summed E-state index contributed by atoms with van der Waals surface area (Å²) in [5.41, 5.74) is 2.36. The Morgan fingerprint density at radius 2 is 1.81 bits per heavy atom. The quantitative estimate of drug-likeness (QED) is 0.824. The van der Waals surface area contributed by atoms with Crippen LogP contribution in [0.2, 0.25) is 0 Å². The molecule has 1 saturated heterocycles. The molecule has 0 spiro atoms. The van der Waals surface area contributed by atoms with E-state index in [1.165, 1.54) is 30.7 Å². The summed E-state index contributed by atoms with van der Waals surface area (Å²) in [6.45, 7) is 8.91. The number of carbonyl (C=O) groups excluding carboxylic acids is 1. The molecule has 0 atom stereocenters. The molecule has 144 valence electrons. The van der Waals surface area contributed by atoms with Crippen molar-refractivity contribution in [3.05, 3.63) is 65.5 Å². The van der Waals surface area contributed by atoms with Crippen molar-refractivity contribution in [3.63, 3.8) is 0 Å². The van der Waals surface area contributed by atoms with Crippen molar-refractivity contribution in [2.75, 3.05) is 24.5 Å². The number of hydrogen-bond acceptors (Lipinski definition) is 2. The Balaban J connectivity index is 1.59. The van der Waals surface area contributed by atoms with E-state index < -0.39 is 0 Å². The van der Waals surface area contributed by atoms with E-state index in [2.05, 4.69) is 17.1 Å². The highest BCUT2D eigenvalue weighted by Gasteiger charge is 2.22. The average molecular weight is 368 g/mol. The molecule has 2 aromatic rings. The number of piperidine rings is 1. The van der Waals surface area contributed by atoms with Gasteiger partial charge < -0.3 is 10.2 Å². The topological polar surface area (TPSA) is 32.3 Å². The minimum atomic E-state index is -0.345. The number of halogens is 1. The smallest absolute Gasteiger partial charge is 0.251 e. The van der Waals surface area contributed by atoms with Crippen LogP contribution in [-0.4, -0.2) is 25.5 Å². The van der Waals surface area contributed by atoms with Gasteiger partial charge in [0, 0.05) is 36.3 Å². The molecule has 1 aliphatic heterocycles. The summed E-state index contributed by atoms with van der Waals surface area (Å²) in [5.74, 6) is 0.445. The zero-order valence-corrected chi connectivity index (χ0v) is 16.5. The van der Waals surface area contributed by atoms with Crippen molar-refractivity contribution in [2.24, 2.45) is 5.92 Å². The summed E-state index contributed by atoms with van der Waals surface area (Å²) in [5, 5.41) is 2.99.